The number of carbonyl (C=O) groups excluding carboxylic acids is 2. The summed E-state index contributed by atoms with van der Waals surface area (Å²) in [7, 11) is 0. The molecular weight excluding hydrogens is 470 g/mol. The summed E-state index contributed by atoms with van der Waals surface area (Å²) in [6, 6.07) is 14.3. The van der Waals surface area contributed by atoms with Crippen LogP contribution in [0, 0.1) is 13.8 Å². The molecule has 0 saturated heterocycles. The normalized spacial score (nSPS) is 11.3. The molecule has 3 aromatic rings. The Hall–Kier alpha value is -3.12. The fourth-order valence-corrected chi connectivity index (χ4v) is 4.77. The van der Waals surface area contributed by atoms with Crippen molar-refractivity contribution >= 4 is 28.2 Å². The van der Waals surface area contributed by atoms with Gasteiger partial charge >= 0.3 is 5.97 Å². The first-order valence-corrected chi connectivity index (χ1v) is 13.4. The number of hydrogen-bond donors (Lipinski definition) is 1. The van der Waals surface area contributed by atoms with Gasteiger partial charge in [0.2, 0.25) is 5.91 Å². The zero-order valence-electron chi connectivity index (χ0n) is 22.2. The summed E-state index contributed by atoms with van der Waals surface area (Å²) in [5, 5.41) is 5.34. The summed E-state index contributed by atoms with van der Waals surface area (Å²) in [5.41, 5.74) is 5.86. The number of aryl methyl sites for hydroxylation is 2. The lowest BCUT2D eigenvalue weighted by molar-refractivity contribution is -0.116. The molecule has 0 spiro atoms. The van der Waals surface area contributed by atoms with Crippen LogP contribution < -0.4 is 10.1 Å². The van der Waals surface area contributed by atoms with Gasteiger partial charge in [-0.15, -0.1) is 11.3 Å². The van der Waals surface area contributed by atoms with Crippen LogP contribution in [-0.4, -0.2) is 25.1 Å². The molecule has 5 nitrogen and oxygen atoms in total. The van der Waals surface area contributed by atoms with Gasteiger partial charge < -0.3 is 14.8 Å². The average Bonchev–Trinajstić information content (AvgIpc) is 3.27. The molecule has 1 aromatic heterocycles. The second-order valence-corrected chi connectivity index (χ2v) is 10.5. The van der Waals surface area contributed by atoms with E-state index in [1.165, 1.54) is 22.5 Å². The van der Waals surface area contributed by atoms with E-state index >= 15 is 0 Å². The number of amides is 1. The number of esters is 1. The van der Waals surface area contributed by atoms with E-state index in [1.54, 1.807) is 6.92 Å². The number of hydrogen-bond acceptors (Lipinski definition) is 5. The van der Waals surface area contributed by atoms with Gasteiger partial charge in [0, 0.05) is 17.4 Å². The lowest BCUT2D eigenvalue weighted by Crippen LogP contribution is -2.15. The molecule has 1 N–H and O–H groups in total. The second-order valence-electron chi connectivity index (χ2n) is 9.64. The van der Waals surface area contributed by atoms with Crippen molar-refractivity contribution in [2.24, 2.45) is 0 Å². The van der Waals surface area contributed by atoms with Gasteiger partial charge in [0.1, 0.15) is 16.3 Å². The highest BCUT2D eigenvalue weighted by atomic mass is 32.1. The largest absolute Gasteiger partial charge is 0.494 e. The Morgan fingerprint density at radius 3 is 2.36 bits per heavy atom. The molecule has 6 heteroatoms. The fraction of sp³-hybridized carbons (Fsp3) is 0.400. The molecular formula is C30H37NO4S. The van der Waals surface area contributed by atoms with Gasteiger partial charge in [0.15, 0.2) is 0 Å². The minimum absolute atomic E-state index is 0.138. The maximum Gasteiger partial charge on any atom is 0.341 e. The fourth-order valence-electron chi connectivity index (χ4n) is 3.80. The Bertz CT molecular complexity index is 1190. The predicted octanol–water partition coefficient (Wildman–Crippen LogP) is 7.69. The van der Waals surface area contributed by atoms with Gasteiger partial charge in [-0.05, 0) is 73.4 Å². The van der Waals surface area contributed by atoms with Gasteiger partial charge in [-0.25, -0.2) is 4.79 Å². The topological polar surface area (TPSA) is 64.6 Å². The third-order valence-electron chi connectivity index (χ3n) is 6.68. The Morgan fingerprint density at radius 2 is 1.72 bits per heavy atom. The summed E-state index contributed by atoms with van der Waals surface area (Å²) in [6.07, 6.45) is 1.93. The van der Waals surface area contributed by atoms with Crippen molar-refractivity contribution in [2.45, 2.75) is 66.2 Å². The third kappa shape index (κ3) is 6.76. The molecule has 0 radical (unpaired) electrons. The molecule has 36 heavy (non-hydrogen) atoms. The van der Waals surface area contributed by atoms with Crippen LogP contribution in [-0.2, 0) is 14.9 Å². The summed E-state index contributed by atoms with van der Waals surface area (Å²) >= 11 is 1.34. The van der Waals surface area contributed by atoms with Crippen LogP contribution in [0.15, 0.2) is 47.8 Å². The van der Waals surface area contributed by atoms with Gasteiger partial charge in [-0.2, -0.15) is 0 Å². The Kier molecular flexibility index (Phi) is 9.32. The van der Waals surface area contributed by atoms with Crippen molar-refractivity contribution in [3.8, 4) is 16.9 Å². The second kappa shape index (κ2) is 12.2. The van der Waals surface area contributed by atoms with Crippen LogP contribution >= 0.6 is 11.3 Å². The smallest absolute Gasteiger partial charge is 0.341 e. The van der Waals surface area contributed by atoms with E-state index in [0.29, 0.717) is 30.0 Å². The van der Waals surface area contributed by atoms with Gasteiger partial charge in [0.05, 0.1) is 13.2 Å². The summed E-state index contributed by atoms with van der Waals surface area (Å²) < 4.78 is 11.1. The molecule has 1 amide bonds. The van der Waals surface area contributed by atoms with Crippen molar-refractivity contribution in [1.29, 1.82) is 0 Å². The lowest BCUT2D eigenvalue weighted by atomic mass is 9.82. The molecule has 1 heterocycles. The third-order valence-corrected chi connectivity index (χ3v) is 7.57. The number of anilines is 1. The molecule has 3 rings (SSSR count). The Labute approximate surface area is 218 Å². The first kappa shape index (κ1) is 27.5. The van der Waals surface area contributed by atoms with E-state index in [1.807, 2.05) is 36.6 Å². The van der Waals surface area contributed by atoms with Gasteiger partial charge in [-0.1, -0.05) is 51.1 Å². The first-order valence-electron chi connectivity index (χ1n) is 12.6. The average molecular weight is 508 g/mol. The van der Waals surface area contributed by atoms with Crippen LogP contribution in [0.2, 0.25) is 0 Å². The summed E-state index contributed by atoms with van der Waals surface area (Å²) in [5.74, 6) is 0.213. The van der Waals surface area contributed by atoms with Crippen LogP contribution in [0.1, 0.15) is 74.0 Å². The van der Waals surface area contributed by atoms with Crippen LogP contribution in [0.25, 0.3) is 11.1 Å². The standard InChI is InChI=1S/C30H37NO4S/c1-7-30(5,6)23-13-15-24(16-14-23)35-17-9-10-26(32)31-28-27(29(33)34-8-2)25(19-36-28)22-12-11-20(3)21(4)18-22/h11-16,18-19H,7-10,17H2,1-6H3,(H,31,32). The molecule has 0 unspecified atom stereocenters. The van der Waals surface area contributed by atoms with E-state index in [-0.39, 0.29) is 17.9 Å². The van der Waals surface area contributed by atoms with Crippen molar-refractivity contribution in [1.82, 2.24) is 0 Å². The molecule has 2 aromatic carbocycles. The summed E-state index contributed by atoms with van der Waals surface area (Å²) in [6.45, 7) is 13.2. The first-order chi connectivity index (χ1) is 17.2. The number of rotatable bonds is 11. The van der Waals surface area contributed by atoms with Crippen LogP contribution in [0.3, 0.4) is 0 Å². The molecule has 0 bridgehead atoms. The van der Waals surface area contributed by atoms with E-state index in [4.69, 9.17) is 9.47 Å². The highest BCUT2D eigenvalue weighted by Gasteiger charge is 2.23. The number of thiophene rings is 1. The monoisotopic (exact) mass is 507 g/mol. The van der Waals surface area contributed by atoms with Crippen molar-refractivity contribution in [3.05, 3.63) is 70.1 Å². The Balaban J connectivity index is 1.61. The van der Waals surface area contributed by atoms with E-state index in [2.05, 4.69) is 51.2 Å². The predicted molar refractivity (Wildman–Crippen MR) is 148 cm³/mol. The van der Waals surface area contributed by atoms with Crippen LogP contribution in [0.5, 0.6) is 5.75 Å². The van der Waals surface area contributed by atoms with Crippen molar-refractivity contribution < 1.29 is 19.1 Å². The van der Waals surface area contributed by atoms with E-state index < -0.39 is 5.97 Å². The minimum Gasteiger partial charge on any atom is -0.494 e. The molecule has 192 valence electrons. The summed E-state index contributed by atoms with van der Waals surface area (Å²) in [4.78, 5) is 25.5. The van der Waals surface area contributed by atoms with E-state index in [0.717, 1.165) is 28.9 Å². The number of ether oxygens (including phenoxy) is 2. The molecule has 0 aliphatic heterocycles. The molecule has 0 atom stereocenters. The minimum atomic E-state index is -0.430. The quantitative estimate of drug-likeness (QED) is 0.213. The zero-order valence-corrected chi connectivity index (χ0v) is 23.0. The zero-order chi connectivity index (χ0) is 26.3. The van der Waals surface area contributed by atoms with E-state index in [9.17, 15) is 9.59 Å². The van der Waals surface area contributed by atoms with Gasteiger partial charge in [0.25, 0.3) is 0 Å². The maximum absolute atomic E-state index is 12.8. The SMILES string of the molecule is CCOC(=O)c1c(-c2ccc(C)c(C)c2)csc1NC(=O)CCCOc1ccc(C(C)(C)CC)cc1. The highest BCUT2D eigenvalue weighted by molar-refractivity contribution is 7.15. The maximum atomic E-state index is 12.8. The number of carbonyl (C=O) groups is 2. The van der Waals surface area contributed by atoms with Crippen LogP contribution in [0.4, 0.5) is 5.00 Å². The van der Waals surface area contributed by atoms with Crippen molar-refractivity contribution in [2.75, 3.05) is 18.5 Å². The molecule has 0 fully saturated rings. The molecule has 0 saturated carbocycles. The van der Waals surface area contributed by atoms with Crippen molar-refractivity contribution in [3.63, 3.8) is 0 Å². The highest BCUT2D eigenvalue weighted by Crippen LogP contribution is 2.37. The van der Waals surface area contributed by atoms with Gasteiger partial charge in [-0.3, -0.25) is 4.79 Å². The number of nitrogens with one attached hydrogen (secondary N) is 1. The number of benzene rings is 2. The lowest BCUT2D eigenvalue weighted by Gasteiger charge is -2.23. The molecule has 0 aliphatic carbocycles. The molecule has 0 aliphatic rings. The Morgan fingerprint density at radius 1 is 1.00 bits per heavy atom.